The molecule has 1 atom stereocenters. The van der Waals surface area contributed by atoms with Gasteiger partial charge in [-0.15, -0.1) is 11.3 Å². The molecule has 1 fully saturated rings. The molecule has 2 heterocycles. The molecule has 1 N–H and O–H groups in total. The second-order valence-electron chi connectivity index (χ2n) is 5.40. The topological polar surface area (TPSA) is 76.1 Å². The number of sulfone groups is 1. The van der Waals surface area contributed by atoms with Gasteiger partial charge >= 0.3 is 0 Å². The van der Waals surface area contributed by atoms with Crippen molar-refractivity contribution in [2.45, 2.75) is 12.8 Å². The zero-order valence-corrected chi connectivity index (χ0v) is 13.5. The van der Waals surface area contributed by atoms with Crippen molar-refractivity contribution >= 4 is 32.2 Å². The summed E-state index contributed by atoms with van der Waals surface area (Å²) in [6.45, 7) is 0. The minimum absolute atomic E-state index is 0.0545. The Morgan fingerprint density at radius 2 is 2.09 bits per heavy atom. The van der Waals surface area contributed by atoms with E-state index >= 15 is 0 Å². The van der Waals surface area contributed by atoms with Gasteiger partial charge in [0.2, 0.25) is 5.91 Å². The van der Waals surface area contributed by atoms with Crippen LogP contribution in [0.4, 0.5) is 5.13 Å². The molecule has 116 valence electrons. The largest absolute Gasteiger partial charge is 0.302 e. The number of thiazole rings is 1. The fraction of sp³-hybridized carbons (Fsp3) is 0.333. The van der Waals surface area contributed by atoms with Gasteiger partial charge in [-0.1, -0.05) is 30.3 Å². The summed E-state index contributed by atoms with van der Waals surface area (Å²) in [5.74, 6) is -0.656. The molecule has 3 rings (SSSR count). The van der Waals surface area contributed by atoms with Gasteiger partial charge in [0.05, 0.1) is 23.1 Å². The van der Waals surface area contributed by atoms with Crippen molar-refractivity contribution in [1.29, 1.82) is 0 Å². The normalized spacial score (nSPS) is 19.9. The highest BCUT2D eigenvalue weighted by Crippen LogP contribution is 2.23. The fourth-order valence-corrected chi connectivity index (χ4v) is 4.91. The lowest BCUT2D eigenvalue weighted by molar-refractivity contribution is -0.119. The van der Waals surface area contributed by atoms with Crippen LogP contribution >= 0.6 is 11.3 Å². The number of anilines is 1. The highest BCUT2D eigenvalue weighted by molar-refractivity contribution is 7.91. The molecule has 7 heteroatoms. The highest BCUT2D eigenvalue weighted by atomic mass is 32.2. The van der Waals surface area contributed by atoms with E-state index in [1.165, 1.54) is 11.3 Å². The third-order valence-electron chi connectivity index (χ3n) is 3.61. The summed E-state index contributed by atoms with van der Waals surface area (Å²) in [6, 6.07) is 9.98. The van der Waals surface area contributed by atoms with Gasteiger partial charge in [-0.05, 0) is 12.0 Å². The number of amides is 1. The van der Waals surface area contributed by atoms with Crippen LogP contribution < -0.4 is 5.32 Å². The lowest BCUT2D eigenvalue weighted by Crippen LogP contribution is -2.23. The number of rotatable bonds is 4. The van der Waals surface area contributed by atoms with E-state index in [2.05, 4.69) is 10.3 Å². The molecule has 2 aromatic rings. The molecular formula is C15H16N2O3S2. The molecule has 0 unspecified atom stereocenters. The molecule has 1 aromatic heterocycles. The van der Waals surface area contributed by atoms with E-state index in [-0.39, 0.29) is 17.4 Å². The number of hydrogen-bond acceptors (Lipinski definition) is 5. The van der Waals surface area contributed by atoms with Crippen molar-refractivity contribution in [2.75, 3.05) is 16.8 Å². The summed E-state index contributed by atoms with van der Waals surface area (Å²) in [7, 11) is -3.05. The maximum atomic E-state index is 12.1. The first-order chi connectivity index (χ1) is 10.5. The Bertz CT molecular complexity index is 769. The van der Waals surface area contributed by atoms with Crippen molar-refractivity contribution in [1.82, 2.24) is 4.98 Å². The van der Waals surface area contributed by atoms with E-state index in [1.54, 1.807) is 0 Å². The maximum Gasteiger partial charge on any atom is 0.230 e. The number of nitrogens with one attached hydrogen (secondary N) is 1. The van der Waals surface area contributed by atoms with Crippen LogP contribution in [0.5, 0.6) is 0 Å². The zero-order valence-electron chi connectivity index (χ0n) is 11.9. The quantitative estimate of drug-likeness (QED) is 0.928. The monoisotopic (exact) mass is 336 g/mol. The van der Waals surface area contributed by atoms with Crippen LogP contribution in [0.3, 0.4) is 0 Å². The Kier molecular flexibility index (Phi) is 4.26. The molecule has 0 radical (unpaired) electrons. The molecule has 0 bridgehead atoms. The summed E-state index contributed by atoms with van der Waals surface area (Å²) < 4.78 is 22.8. The summed E-state index contributed by atoms with van der Waals surface area (Å²) in [6.07, 6.45) is 1.11. The SMILES string of the molecule is O=C(Nc1nc(Cc2ccccc2)cs1)[C@H]1CCS(=O)(=O)C1. The van der Waals surface area contributed by atoms with E-state index in [4.69, 9.17) is 0 Å². The maximum absolute atomic E-state index is 12.1. The summed E-state index contributed by atoms with van der Waals surface area (Å²) in [5.41, 5.74) is 2.05. The van der Waals surface area contributed by atoms with Crippen LogP contribution in [-0.2, 0) is 21.1 Å². The van der Waals surface area contributed by atoms with Gasteiger partial charge in [0, 0.05) is 11.8 Å². The van der Waals surface area contributed by atoms with Crippen molar-refractivity contribution < 1.29 is 13.2 Å². The predicted octanol–water partition coefficient (Wildman–Crippen LogP) is 2.11. The molecule has 0 aliphatic carbocycles. The first-order valence-corrected chi connectivity index (χ1v) is 9.71. The van der Waals surface area contributed by atoms with Gasteiger partial charge in [-0.3, -0.25) is 4.79 Å². The standard InChI is InChI=1S/C15H16N2O3S2/c18-14(12-6-7-22(19,20)10-12)17-15-16-13(9-21-15)8-11-4-2-1-3-5-11/h1-5,9,12H,6-8,10H2,(H,16,17,18)/t12-/m0/s1. The Morgan fingerprint density at radius 1 is 1.32 bits per heavy atom. The number of hydrogen-bond donors (Lipinski definition) is 1. The summed E-state index contributed by atoms with van der Waals surface area (Å²) in [4.78, 5) is 16.5. The van der Waals surface area contributed by atoms with Gasteiger partial charge in [0.15, 0.2) is 15.0 Å². The fourth-order valence-electron chi connectivity index (χ4n) is 2.46. The number of aromatic nitrogens is 1. The van der Waals surface area contributed by atoms with Crippen LogP contribution in [0.15, 0.2) is 35.7 Å². The van der Waals surface area contributed by atoms with Crippen molar-refractivity contribution in [3.8, 4) is 0 Å². The minimum atomic E-state index is -3.05. The van der Waals surface area contributed by atoms with Gasteiger partial charge in [0.25, 0.3) is 0 Å². The first kappa shape index (κ1) is 15.2. The molecule has 1 amide bonds. The van der Waals surface area contributed by atoms with Gasteiger partial charge < -0.3 is 5.32 Å². The van der Waals surface area contributed by atoms with E-state index < -0.39 is 15.8 Å². The molecule has 5 nitrogen and oxygen atoms in total. The third kappa shape index (κ3) is 3.72. The van der Waals surface area contributed by atoms with E-state index in [1.807, 2.05) is 35.7 Å². The number of carbonyl (C=O) groups is 1. The first-order valence-electron chi connectivity index (χ1n) is 7.01. The molecule has 1 aliphatic rings. The Labute approximate surface area is 133 Å². The second kappa shape index (κ2) is 6.18. The average molecular weight is 336 g/mol. The van der Waals surface area contributed by atoms with Crippen molar-refractivity contribution in [2.24, 2.45) is 5.92 Å². The molecule has 0 saturated carbocycles. The predicted molar refractivity (Wildman–Crippen MR) is 86.8 cm³/mol. The van der Waals surface area contributed by atoms with Crippen LogP contribution in [0.1, 0.15) is 17.7 Å². The molecule has 1 aliphatic heterocycles. The molecule has 1 aromatic carbocycles. The molecule has 1 saturated heterocycles. The Balaban J connectivity index is 1.61. The van der Waals surface area contributed by atoms with Crippen molar-refractivity contribution in [3.63, 3.8) is 0 Å². The summed E-state index contributed by atoms with van der Waals surface area (Å²) in [5, 5.41) is 5.17. The van der Waals surface area contributed by atoms with Gasteiger partial charge in [-0.2, -0.15) is 0 Å². The average Bonchev–Trinajstić information content (AvgIpc) is 3.06. The van der Waals surface area contributed by atoms with Crippen LogP contribution in [0.25, 0.3) is 0 Å². The van der Waals surface area contributed by atoms with Gasteiger partial charge in [0.1, 0.15) is 0 Å². The van der Waals surface area contributed by atoms with E-state index in [0.717, 1.165) is 11.3 Å². The lowest BCUT2D eigenvalue weighted by atomic mass is 10.1. The zero-order chi connectivity index (χ0) is 15.6. The van der Waals surface area contributed by atoms with Crippen LogP contribution in [0, 0.1) is 5.92 Å². The lowest BCUT2D eigenvalue weighted by Gasteiger charge is -2.06. The summed E-state index contributed by atoms with van der Waals surface area (Å²) >= 11 is 1.36. The molecular weight excluding hydrogens is 320 g/mol. The Hall–Kier alpha value is -1.73. The van der Waals surface area contributed by atoms with E-state index in [9.17, 15) is 13.2 Å². The highest BCUT2D eigenvalue weighted by Gasteiger charge is 2.33. The van der Waals surface area contributed by atoms with Crippen LogP contribution in [-0.4, -0.2) is 30.8 Å². The van der Waals surface area contributed by atoms with E-state index in [0.29, 0.717) is 18.0 Å². The smallest absolute Gasteiger partial charge is 0.230 e. The Morgan fingerprint density at radius 3 is 2.77 bits per heavy atom. The minimum Gasteiger partial charge on any atom is -0.302 e. The number of carbonyl (C=O) groups excluding carboxylic acids is 1. The molecule has 0 spiro atoms. The third-order valence-corrected chi connectivity index (χ3v) is 6.19. The second-order valence-corrected chi connectivity index (χ2v) is 8.48. The van der Waals surface area contributed by atoms with Crippen molar-refractivity contribution in [3.05, 3.63) is 47.0 Å². The van der Waals surface area contributed by atoms with Gasteiger partial charge in [-0.25, -0.2) is 13.4 Å². The number of nitrogens with zero attached hydrogens (tertiary/aromatic N) is 1. The molecule has 22 heavy (non-hydrogen) atoms. The van der Waals surface area contributed by atoms with Crippen LogP contribution in [0.2, 0.25) is 0 Å². The number of benzene rings is 1.